The van der Waals surface area contributed by atoms with Gasteiger partial charge in [-0.05, 0) is 36.2 Å². The molecule has 5 atom stereocenters. The highest BCUT2D eigenvalue weighted by molar-refractivity contribution is 6.13. The van der Waals surface area contributed by atoms with Crippen molar-refractivity contribution in [1.82, 2.24) is 4.42 Å². The topological polar surface area (TPSA) is 52.9 Å². The molecule has 1 spiro atoms. The quantitative estimate of drug-likeness (QED) is 0.566. The van der Waals surface area contributed by atoms with Gasteiger partial charge in [0.1, 0.15) is 12.2 Å². The van der Waals surface area contributed by atoms with E-state index in [1.54, 1.807) is 6.07 Å². The fourth-order valence-electron chi connectivity index (χ4n) is 5.01. The molecule has 2 bridgehead atoms. The summed E-state index contributed by atoms with van der Waals surface area (Å²) in [5.74, 6) is 0.981. The third-order valence-corrected chi connectivity index (χ3v) is 6.22. The molecule has 2 aliphatic carbocycles. The largest absolute Gasteiger partial charge is 0.504 e. The lowest BCUT2D eigenvalue weighted by Crippen LogP contribution is -2.63. The van der Waals surface area contributed by atoms with Crippen molar-refractivity contribution in [3.63, 3.8) is 0 Å². The summed E-state index contributed by atoms with van der Waals surface area (Å²) < 4.78 is 7.95. The third kappa shape index (κ3) is 1.26. The van der Waals surface area contributed by atoms with Gasteiger partial charge in [-0.25, -0.2) is 4.42 Å². The molecular formula is C16H16ClNO3. The van der Waals surface area contributed by atoms with Gasteiger partial charge < -0.3 is 14.9 Å². The number of hydrogen-bond donors (Lipinski definition) is 2. The Balaban J connectivity index is 1.84. The standard InChI is InChI=1S/C16H16ClNO3/c17-18-6-5-16-9-2-4-12(20)15(16)21-14-11(19)3-1-8(13(14)16)7-10(9)18/h1-4,9-10,12,15,19-20H,5-7H2/t9-,10+,12-,15-,16-/m0/s1. The molecule has 1 saturated heterocycles. The second-order valence-electron chi connectivity index (χ2n) is 6.57. The molecule has 2 aliphatic heterocycles. The van der Waals surface area contributed by atoms with Crippen molar-refractivity contribution in [1.29, 1.82) is 0 Å². The normalized spacial score (nSPS) is 42.6. The Morgan fingerprint density at radius 1 is 1.33 bits per heavy atom. The molecule has 0 unspecified atom stereocenters. The van der Waals surface area contributed by atoms with Gasteiger partial charge in [-0.15, -0.1) is 0 Å². The molecule has 2 N–H and O–H groups in total. The molecule has 0 radical (unpaired) electrons. The van der Waals surface area contributed by atoms with Gasteiger partial charge in [-0.2, -0.15) is 0 Å². The summed E-state index contributed by atoms with van der Waals surface area (Å²) in [7, 11) is 0. The highest BCUT2D eigenvalue weighted by Crippen LogP contribution is 2.62. The number of phenolic OH excluding ortho intramolecular Hbond substituents is 1. The first-order valence-corrected chi connectivity index (χ1v) is 7.77. The van der Waals surface area contributed by atoms with Crippen molar-refractivity contribution in [2.75, 3.05) is 6.54 Å². The predicted molar refractivity (Wildman–Crippen MR) is 77.5 cm³/mol. The minimum Gasteiger partial charge on any atom is -0.504 e. The van der Waals surface area contributed by atoms with E-state index in [2.05, 4.69) is 6.08 Å². The van der Waals surface area contributed by atoms with Crippen LogP contribution in [0, 0.1) is 5.92 Å². The van der Waals surface area contributed by atoms with E-state index < -0.39 is 6.10 Å². The van der Waals surface area contributed by atoms with Crippen LogP contribution >= 0.6 is 11.8 Å². The summed E-state index contributed by atoms with van der Waals surface area (Å²) in [5.41, 5.74) is 2.06. The van der Waals surface area contributed by atoms with E-state index in [9.17, 15) is 10.2 Å². The Labute approximate surface area is 127 Å². The number of piperidine rings is 1. The summed E-state index contributed by atoms with van der Waals surface area (Å²) in [5, 5.41) is 20.6. The van der Waals surface area contributed by atoms with Crippen LogP contribution in [0.25, 0.3) is 0 Å². The smallest absolute Gasteiger partial charge is 0.165 e. The molecule has 5 heteroatoms. The molecule has 5 rings (SSSR count). The van der Waals surface area contributed by atoms with Crippen LogP contribution < -0.4 is 4.74 Å². The fourth-order valence-corrected chi connectivity index (χ4v) is 5.29. The highest BCUT2D eigenvalue weighted by Gasteiger charge is 2.64. The first-order valence-electron chi connectivity index (χ1n) is 7.44. The summed E-state index contributed by atoms with van der Waals surface area (Å²) in [6.45, 7) is 0.775. The fraction of sp³-hybridized carbons (Fsp3) is 0.500. The lowest BCUT2D eigenvalue weighted by atomic mass is 9.53. The molecule has 110 valence electrons. The molecule has 4 nitrogen and oxygen atoms in total. The van der Waals surface area contributed by atoms with Crippen molar-refractivity contribution in [3.05, 3.63) is 35.4 Å². The SMILES string of the molecule is Oc1ccc2c3c1O[C@H]1[C@@H](O)C=C[C@H]4[C@@H](C2)N(Cl)CC[C@@]341. The minimum atomic E-state index is -0.637. The molecule has 0 saturated carbocycles. The first-order chi connectivity index (χ1) is 10.1. The Morgan fingerprint density at radius 2 is 2.19 bits per heavy atom. The van der Waals surface area contributed by atoms with Gasteiger partial charge in [-0.3, -0.25) is 0 Å². The number of halogens is 1. The van der Waals surface area contributed by atoms with E-state index in [-0.39, 0.29) is 29.2 Å². The zero-order valence-electron chi connectivity index (χ0n) is 11.4. The second kappa shape index (κ2) is 3.75. The minimum absolute atomic E-state index is 0.176. The monoisotopic (exact) mass is 305 g/mol. The van der Waals surface area contributed by atoms with Crippen molar-refractivity contribution >= 4 is 11.8 Å². The van der Waals surface area contributed by atoms with E-state index in [0.29, 0.717) is 5.75 Å². The maximum absolute atomic E-state index is 10.4. The van der Waals surface area contributed by atoms with Gasteiger partial charge in [0.2, 0.25) is 0 Å². The number of aliphatic hydroxyl groups is 1. The van der Waals surface area contributed by atoms with Crippen molar-refractivity contribution in [3.8, 4) is 11.5 Å². The van der Waals surface area contributed by atoms with Crippen LogP contribution in [0.1, 0.15) is 17.5 Å². The van der Waals surface area contributed by atoms with Gasteiger partial charge in [0.25, 0.3) is 0 Å². The number of benzene rings is 1. The molecule has 0 amide bonds. The summed E-state index contributed by atoms with van der Waals surface area (Å²) >= 11 is 6.44. The highest BCUT2D eigenvalue weighted by atomic mass is 35.5. The molecule has 2 heterocycles. The Hall–Kier alpha value is -1.23. The average Bonchev–Trinajstić information content (AvgIpc) is 2.83. The van der Waals surface area contributed by atoms with E-state index in [1.807, 2.05) is 16.6 Å². The molecule has 1 aromatic rings. The summed E-state index contributed by atoms with van der Waals surface area (Å²) in [6.07, 6.45) is 4.67. The molecule has 4 aliphatic rings. The molecule has 1 fully saturated rings. The average molecular weight is 306 g/mol. The maximum Gasteiger partial charge on any atom is 0.165 e. The lowest BCUT2D eigenvalue weighted by molar-refractivity contribution is -0.0333. The van der Waals surface area contributed by atoms with E-state index >= 15 is 0 Å². The van der Waals surface area contributed by atoms with E-state index in [4.69, 9.17) is 16.5 Å². The van der Waals surface area contributed by atoms with Crippen molar-refractivity contribution in [2.24, 2.45) is 5.92 Å². The van der Waals surface area contributed by atoms with Gasteiger partial charge in [-0.1, -0.05) is 18.2 Å². The molecule has 0 aromatic heterocycles. The number of rotatable bonds is 0. The van der Waals surface area contributed by atoms with Crippen LogP contribution in [0.3, 0.4) is 0 Å². The number of aliphatic hydroxyl groups excluding tert-OH is 1. The lowest BCUT2D eigenvalue weighted by Gasteiger charge is -2.55. The number of hydrogen-bond acceptors (Lipinski definition) is 4. The number of phenols is 1. The van der Waals surface area contributed by atoms with Gasteiger partial charge in [0, 0.05) is 29.5 Å². The Bertz CT molecular complexity index is 676. The third-order valence-electron chi connectivity index (χ3n) is 5.80. The first kappa shape index (κ1) is 12.3. The van der Waals surface area contributed by atoms with Crippen LogP contribution in [0.2, 0.25) is 0 Å². The van der Waals surface area contributed by atoms with Crippen LogP contribution in [0.15, 0.2) is 24.3 Å². The van der Waals surface area contributed by atoms with E-state index in [0.717, 1.165) is 24.9 Å². The van der Waals surface area contributed by atoms with Gasteiger partial charge in [0.15, 0.2) is 11.5 Å². The Morgan fingerprint density at radius 3 is 3.05 bits per heavy atom. The van der Waals surface area contributed by atoms with Crippen LogP contribution in [-0.2, 0) is 11.8 Å². The predicted octanol–water partition coefficient (Wildman–Crippen LogP) is 1.72. The van der Waals surface area contributed by atoms with Gasteiger partial charge in [0.05, 0.1) is 0 Å². The van der Waals surface area contributed by atoms with Crippen LogP contribution in [0.4, 0.5) is 0 Å². The number of nitrogens with zero attached hydrogens (tertiary/aromatic N) is 1. The summed E-state index contributed by atoms with van der Waals surface area (Å²) in [6, 6.07) is 3.89. The zero-order valence-corrected chi connectivity index (χ0v) is 12.1. The van der Waals surface area contributed by atoms with Crippen molar-refractivity contribution < 1.29 is 14.9 Å². The van der Waals surface area contributed by atoms with E-state index in [1.165, 1.54) is 5.56 Å². The molecule has 1 aromatic carbocycles. The molecule has 21 heavy (non-hydrogen) atoms. The van der Waals surface area contributed by atoms with Crippen LogP contribution in [0.5, 0.6) is 11.5 Å². The van der Waals surface area contributed by atoms with Crippen LogP contribution in [-0.4, -0.2) is 39.4 Å². The zero-order chi connectivity index (χ0) is 14.4. The molecular weight excluding hydrogens is 290 g/mol. The van der Waals surface area contributed by atoms with Gasteiger partial charge >= 0.3 is 0 Å². The Kier molecular flexibility index (Phi) is 2.20. The number of ether oxygens (including phenoxy) is 1. The second-order valence-corrected chi connectivity index (χ2v) is 7.01. The van der Waals surface area contributed by atoms with Crippen molar-refractivity contribution in [2.45, 2.75) is 36.5 Å². The number of aromatic hydroxyl groups is 1. The maximum atomic E-state index is 10.4. The summed E-state index contributed by atoms with van der Waals surface area (Å²) in [4.78, 5) is 0.